The van der Waals surface area contributed by atoms with E-state index in [9.17, 15) is 9.18 Å². The number of likely N-dealkylation sites (N-methyl/N-ethyl adjacent to an activating group) is 1. The molecule has 0 saturated carbocycles. The van der Waals surface area contributed by atoms with Gasteiger partial charge in [-0.1, -0.05) is 0 Å². The van der Waals surface area contributed by atoms with Crippen LogP contribution in [0, 0.1) is 12.7 Å². The minimum absolute atomic E-state index is 0.0183. The molecule has 6 nitrogen and oxygen atoms in total. The van der Waals surface area contributed by atoms with Gasteiger partial charge in [0.05, 0.1) is 22.3 Å². The van der Waals surface area contributed by atoms with Crippen molar-refractivity contribution in [2.75, 3.05) is 33.2 Å². The third-order valence-corrected chi connectivity index (χ3v) is 6.14. The Morgan fingerprint density at radius 2 is 2.07 bits per heavy atom. The fourth-order valence-corrected chi connectivity index (χ4v) is 4.67. The second kappa shape index (κ2) is 7.03. The number of hydrogen-bond acceptors (Lipinski definition) is 5. The molecule has 1 fully saturated rings. The molecule has 0 radical (unpaired) electrons. The lowest BCUT2D eigenvalue weighted by Gasteiger charge is -2.39. The zero-order chi connectivity index (χ0) is 19.1. The Labute approximate surface area is 161 Å². The van der Waals surface area contributed by atoms with E-state index < -0.39 is 0 Å². The van der Waals surface area contributed by atoms with Crippen LogP contribution in [0.4, 0.5) is 4.39 Å². The molecule has 27 heavy (non-hydrogen) atoms. The Morgan fingerprint density at radius 3 is 2.78 bits per heavy atom. The predicted octanol–water partition coefficient (Wildman–Crippen LogP) is 2.25. The largest absolute Gasteiger partial charge is 0.331 e. The van der Waals surface area contributed by atoms with E-state index in [0.29, 0.717) is 18.0 Å². The molecule has 1 unspecified atom stereocenters. The molecule has 1 aliphatic rings. The maximum atomic E-state index is 13.2. The maximum absolute atomic E-state index is 13.2. The Hall–Kier alpha value is -2.29. The lowest BCUT2D eigenvalue weighted by molar-refractivity contribution is 0.0521. The minimum atomic E-state index is -0.288. The molecule has 0 spiro atoms. The first-order valence-corrected chi connectivity index (χ1v) is 9.74. The highest BCUT2D eigenvalue weighted by atomic mass is 32.1. The summed E-state index contributed by atoms with van der Waals surface area (Å²) in [7, 11) is 2.05. The van der Waals surface area contributed by atoms with E-state index in [4.69, 9.17) is 5.73 Å². The van der Waals surface area contributed by atoms with Crippen molar-refractivity contribution < 1.29 is 9.18 Å². The number of nitrogens with two attached hydrogens (primary N) is 1. The van der Waals surface area contributed by atoms with Crippen LogP contribution in [-0.4, -0.2) is 64.8 Å². The summed E-state index contributed by atoms with van der Waals surface area (Å²) in [5.41, 5.74) is 7.52. The van der Waals surface area contributed by atoms with Gasteiger partial charge in [-0.05, 0) is 44.3 Å². The number of carbonyl (C=O) groups is 1. The summed E-state index contributed by atoms with van der Waals surface area (Å²) >= 11 is 1.42. The first-order valence-electron chi connectivity index (χ1n) is 8.92. The Kier molecular flexibility index (Phi) is 4.71. The van der Waals surface area contributed by atoms with Crippen LogP contribution < -0.4 is 5.73 Å². The monoisotopic (exact) mass is 387 g/mol. The molecule has 142 valence electrons. The molecular weight excluding hydrogens is 365 g/mol. The van der Waals surface area contributed by atoms with Gasteiger partial charge in [-0.3, -0.25) is 4.79 Å². The minimum Gasteiger partial charge on any atom is -0.331 e. The smallest absolute Gasteiger partial charge is 0.264 e. The zero-order valence-corrected chi connectivity index (χ0v) is 16.2. The molecule has 8 heteroatoms. The molecule has 1 amide bonds. The second-order valence-corrected chi connectivity index (χ2v) is 7.98. The number of amides is 1. The molecule has 1 atom stereocenters. The van der Waals surface area contributed by atoms with Gasteiger partial charge in [0, 0.05) is 31.6 Å². The molecule has 2 aromatic heterocycles. The number of fused-ring (bicyclic) bond motifs is 1. The predicted molar refractivity (Wildman–Crippen MR) is 105 cm³/mol. The standard InChI is InChI=1S/C19H22FN5OS/c1-12-16-9-17(18(26)24-8-7-23(2)11-15(24)10-21)27-19(16)25(22-12)14-5-3-13(20)4-6-14/h3-6,9,15H,7-8,10-11,21H2,1-2H3. The number of thiophene rings is 1. The first kappa shape index (κ1) is 18.1. The van der Waals surface area contributed by atoms with Crippen LogP contribution in [0.15, 0.2) is 30.3 Å². The van der Waals surface area contributed by atoms with Crippen LogP contribution in [-0.2, 0) is 0 Å². The quantitative estimate of drug-likeness (QED) is 0.749. The van der Waals surface area contributed by atoms with Gasteiger partial charge in [0.2, 0.25) is 0 Å². The van der Waals surface area contributed by atoms with Crippen LogP contribution in [0.2, 0.25) is 0 Å². The van der Waals surface area contributed by atoms with Crippen LogP contribution in [0.5, 0.6) is 0 Å². The number of piperazine rings is 1. The molecule has 1 aliphatic heterocycles. The number of aryl methyl sites for hydroxylation is 1. The van der Waals surface area contributed by atoms with E-state index in [-0.39, 0.29) is 17.8 Å². The lowest BCUT2D eigenvalue weighted by atomic mass is 10.1. The summed E-state index contributed by atoms with van der Waals surface area (Å²) in [6.07, 6.45) is 0. The number of rotatable bonds is 3. The van der Waals surface area contributed by atoms with Gasteiger partial charge in [-0.2, -0.15) is 5.10 Å². The van der Waals surface area contributed by atoms with E-state index in [1.807, 2.05) is 24.9 Å². The number of benzene rings is 1. The topological polar surface area (TPSA) is 67.4 Å². The van der Waals surface area contributed by atoms with Crippen molar-refractivity contribution in [1.29, 1.82) is 0 Å². The molecule has 0 aliphatic carbocycles. The normalized spacial score (nSPS) is 18.4. The number of halogens is 1. The molecule has 2 N–H and O–H groups in total. The highest BCUT2D eigenvalue weighted by Gasteiger charge is 2.30. The fourth-order valence-electron chi connectivity index (χ4n) is 3.53. The van der Waals surface area contributed by atoms with Crippen molar-refractivity contribution in [3.8, 4) is 5.69 Å². The van der Waals surface area contributed by atoms with E-state index in [1.165, 1.54) is 23.5 Å². The fraction of sp³-hybridized carbons (Fsp3) is 0.368. The number of hydrogen-bond donors (Lipinski definition) is 1. The third-order valence-electron chi connectivity index (χ3n) is 5.05. The Balaban J connectivity index is 1.70. The van der Waals surface area contributed by atoms with Crippen LogP contribution in [0.3, 0.4) is 0 Å². The highest BCUT2D eigenvalue weighted by Crippen LogP contribution is 2.31. The van der Waals surface area contributed by atoms with Gasteiger partial charge in [0.1, 0.15) is 10.6 Å². The average Bonchev–Trinajstić information content (AvgIpc) is 3.22. The van der Waals surface area contributed by atoms with Crippen molar-refractivity contribution in [3.63, 3.8) is 0 Å². The summed E-state index contributed by atoms with van der Waals surface area (Å²) < 4.78 is 15.0. The van der Waals surface area contributed by atoms with Gasteiger partial charge in [0.15, 0.2) is 0 Å². The van der Waals surface area contributed by atoms with E-state index in [1.54, 1.807) is 16.8 Å². The maximum Gasteiger partial charge on any atom is 0.264 e. The Morgan fingerprint density at radius 1 is 1.33 bits per heavy atom. The third kappa shape index (κ3) is 3.24. The first-order chi connectivity index (χ1) is 13.0. The lowest BCUT2D eigenvalue weighted by Crippen LogP contribution is -2.56. The van der Waals surface area contributed by atoms with Crippen molar-refractivity contribution in [2.45, 2.75) is 13.0 Å². The molecule has 3 heterocycles. The van der Waals surface area contributed by atoms with E-state index in [0.717, 1.165) is 34.7 Å². The van der Waals surface area contributed by atoms with Gasteiger partial charge in [0.25, 0.3) is 5.91 Å². The molecule has 3 aromatic rings. The number of aromatic nitrogens is 2. The molecule has 4 rings (SSSR count). The SMILES string of the molecule is Cc1nn(-c2ccc(F)cc2)c2sc(C(=O)N3CCN(C)CC3CN)cc12. The number of carbonyl (C=O) groups excluding carboxylic acids is 1. The summed E-state index contributed by atoms with van der Waals surface area (Å²) in [5.74, 6) is -0.270. The molecule has 0 bridgehead atoms. The van der Waals surface area contributed by atoms with Crippen molar-refractivity contribution in [2.24, 2.45) is 5.73 Å². The van der Waals surface area contributed by atoms with Crippen molar-refractivity contribution >= 4 is 27.5 Å². The summed E-state index contributed by atoms with van der Waals surface area (Å²) in [6, 6.07) is 8.13. The summed E-state index contributed by atoms with van der Waals surface area (Å²) in [5, 5.41) is 5.51. The highest BCUT2D eigenvalue weighted by molar-refractivity contribution is 7.20. The molecule has 1 saturated heterocycles. The number of nitrogens with zero attached hydrogens (tertiary/aromatic N) is 4. The van der Waals surface area contributed by atoms with E-state index in [2.05, 4.69) is 10.00 Å². The van der Waals surface area contributed by atoms with Crippen LogP contribution in [0.25, 0.3) is 15.9 Å². The van der Waals surface area contributed by atoms with Crippen molar-refractivity contribution in [3.05, 3.63) is 46.7 Å². The Bertz CT molecular complexity index is 980. The average molecular weight is 387 g/mol. The van der Waals surface area contributed by atoms with Crippen LogP contribution in [0.1, 0.15) is 15.4 Å². The van der Waals surface area contributed by atoms with Gasteiger partial charge in [-0.15, -0.1) is 11.3 Å². The van der Waals surface area contributed by atoms with Crippen LogP contribution >= 0.6 is 11.3 Å². The molecular formula is C19H22FN5OS. The van der Waals surface area contributed by atoms with Gasteiger partial charge >= 0.3 is 0 Å². The van der Waals surface area contributed by atoms with Gasteiger partial charge in [-0.25, -0.2) is 9.07 Å². The molecule has 1 aromatic carbocycles. The van der Waals surface area contributed by atoms with Crippen molar-refractivity contribution in [1.82, 2.24) is 19.6 Å². The van der Waals surface area contributed by atoms with Gasteiger partial charge < -0.3 is 15.5 Å². The van der Waals surface area contributed by atoms with E-state index >= 15 is 0 Å². The summed E-state index contributed by atoms with van der Waals surface area (Å²) in [6.45, 7) is 4.67. The zero-order valence-electron chi connectivity index (χ0n) is 15.4. The summed E-state index contributed by atoms with van der Waals surface area (Å²) in [4.78, 5) is 18.8. The second-order valence-electron chi connectivity index (χ2n) is 6.95.